The zero-order valence-corrected chi connectivity index (χ0v) is 15.6. The van der Waals surface area contributed by atoms with Gasteiger partial charge in [0, 0.05) is 36.6 Å². The summed E-state index contributed by atoms with van der Waals surface area (Å²) in [6.07, 6.45) is 5.26. The third kappa shape index (κ3) is 3.49. The van der Waals surface area contributed by atoms with Gasteiger partial charge in [-0.05, 0) is 44.7 Å². The van der Waals surface area contributed by atoms with Crippen molar-refractivity contribution in [1.29, 1.82) is 0 Å². The van der Waals surface area contributed by atoms with Gasteiger partial charge in [0.2, 0.25) is 10.0 Å². The van der Waals surface area contributed by atoms with Crippen LogP contribution >= 0.6 is 0 Å². The Bertz CT molecular complexity index is 934. The van der Waals surface area contributed by atoms with Crippen molar-refractivity contribution in [1.82, 2.24) is 19.5 Å². The van der Waals surface area contributed by atoms with E-state index in [9.17, 15) is 18.3 Å². The molecule has 26 heavy (non-hydrogen) atoms. The van der Waals surface area contributed by atoms with Crippen LogP contribution in [0.25, 0.3) is 11.3 Å². The van der Waals surface area contributed by atoms with Gasteiger partial charge in [-0.3, -0.25) is 9.67 Å². The van der Waals surface area contributed by atoms with Crippen LogP contribution in [0.4, 0.5) is 0 Å². The van der Waals surface area contributed by atoms with Gasteiger partial charge in [0.15, 0.2) is 0 Å². The molecule has 140 valence electrons. The van der Waals surface area contributed by atoms with E-state index in [1.807, 2.05) is 6.07 Å². The van der Waals surface area contributed by atoms with Crippen LogP contribution in [0.3, 0.4) is 0 Å². The largest absolute Gasteiger partial charge is 0.477 e. The lowest BCUT2D eigenvalue weighted by Gasteiger charge is -2.14. The number of hydrogen-bond acceptors (Lipinski definition) is 5. The second-order valence-electron chi connectivity index (χ2n) is 6.58. The maximum Gasteiger partial charge on any atom is 0.354 e. The van der Waals surface area contributed by atoms with E-state index in [0.29, 0.717) is 25.1 Å². The number of aryl methyl sites for hydroxylation is 2. The second kappa shape index (κ2) is 7.16. The fourth-order valence-electron chi connectivity index (χ4n) is 3.08. The molecule has 0 aliphatic heterocycles. The second-order valence-corrected chi connectivity index (χ2v) is 8.90. The van der Waals surface area contributed by atoms with Crippen molar-refractivity contribution in [2.45, 2.75) is 44.9 Å². The van der Waals surface area contributed by atoms with E-state index >= 15 is 0 Å². The Balaban J connectivity index is 1.81. The number of carboxylic acid groups (broad SMARTS) is 1. The van der Waals surface area contributed by atoms with Crippen LogP contribution in [0.15, 0.2) is 18.5 Å². The van der Waals surface area contributed by atoms with Crippen LogP contribution in [-0.4, -0.2) is 46.1 Å². The van der Waals surface area contributed by atoms with E-state index in [-0.39, 0.29) is 12.2 Å². The molecule has 1 aliphatic carbocycles. The van der Waals surface area contributed by atoms with E-state index in [4.69, 9.17) is 0 Å². The molecular formula is C17H22N4O4S. The SMILES string of the molecule is CC(C)S(=O)(=O)NCCCn1nc2c(c1C(=O)O)CCc1cnccc1-2. The summed E-state index contributed by atoms with van der Waals surface area (Å²) in [5, 5.41) is 13.6. The van der Waals surface area contributed by atoms with Crippen molar-refractivity contribution in [3.8, 4) is 11.3 Å². The number of nitrogens with one attached hydrogen (secondary N) is 1. The number of fused-ring (bicyclic) bond motifs is 3. The Morgan fingerprint density at radius 1 is 1.38 bits per heavy atom. The molecule has 8 nitrogen and oxygen atoms in total. The highest BCUT2D eigenvalue weighted by atomic mass is 32.2. The molecule has 0 bridgehead atoms. The van der Waals surface area contributed by atoms with Crippen molar-refractivity contribution in [3.63, 3.8) is 0 Å². The fourth-order valence-corrected chi connectivity index (χ4v) is 3.84. The van der Waals surface area contributed by atoms with Crippen molar-refractivity contribution in [2.24, 2.45) is 0 Å². The monoisotopic (exact) mass is 378 g/mol. The van der Waals surface area contributed by atoms with Gasteiger partial charge in [-0.15, -0.1) is 0 Å². The van der Waals surface area contributed by atoms with Crippen molar-refractivity contribution >= 4 is 16.0 Å². The smallest absolute Gasteiger partial charge is 0.354 e. The molecule has 3 rings (SSSR count). The van der Waals surface area contributed by atoms with Crippen LogP contribution < -0.4 is 4.72 Å². The van der Waals surface area contributed by atoms with E-state index in [1.54, 1.807) is 26.2 Å². The number of pyridine rings is 1. The summed E-state index contributed by atoms with van der Waals surface area (Å²) in [5.41, 5.74) is 3.59. The molecule has 2 aromatic heterocycles. The third-order valence-electron chi connectivity index (χ3n) is 4.53. The van der Waals surface area contributed by atoms with E-state index in [0.717, 1.165) is 23.1 Å². The van der Waals surface area contributed by atoms with Crippen LogP contribution in [0.2, 0.25) is 0 Å². The molecule has 0 atom stereocenters. The number of sulfonamides is 1. The number of hydrogen-bond donors (Lipinski definition) is 2. The first-order valence-corrected chi connectivity index (χ1v) is 10.1. The Labute approximate surface area is 152 Å². The number of aromatic carboxylic acids is 1. The Morgan fingerprint density at radius 2 is 2.15 bits per heavy atom. The molecule has 0 saturated heterocycles. The minimum Gasteiger partial charge on any atom is -0.477 e. The molecule has 0 unspecified atom stereocenters. The summed E-state index contributed by atoms with van der Waals surface area (Å²) in [4.78, 5) is 15.9. The molecule has 0 spiro atoms. The molecule has 2 aromatic rings. The number of carbonyl (C=O) groups is 1. The highest BCUT2D eigenvalue weighted by Crippen LogP contribution is 2.34. The Hall–Kier alpha value is -2.26. The molecule has 9 heteroatoms. The molecule has 0 saturated carbocycles. The predicted octanol–water partition coefficient (Wildman–Crippen LogP) is 1.46. The Morgan fingerprint density at radius 3 is 2.85 bits per heavy atom. The summed E-state index contributed by atoms with van der Waals surface area (Å²) in [5.74, 6) is -1.01. The fraction of sp³-hybridized carbons (Fsp3) is 0.471. The minimum atomic E-state index is -3.32. The molecule has 1 aliphatic rings. The first kappa shape index (κ1) is 18.5. The normalized spacial score (nSPS) is 13.5. The standard InChI is InChI=1S/C17H22N4O4S/c1-11(2)26(24,25)19-7-3-9-21-16(17(22)23)14-5-4-12-10-18-8-6-13(12)15(14)20-21/h6,8,10-11,19H,3-5,7,9H2,1-2H3,(H,22,23). The molecule has 0 radical (unpaired) electrons. The summed E-state index contributed by atoms with van der Waals surface area (Å²) in [6, 6.07) is 1.85. The first-order chi connectivity index (χ1) is 12.3. The summed E-state index contributed by atoms with van der Waals surface area (Å²) in [7, 11) is -3.32. The third-order valence-corrected chi connectivity index (χ3v) is 6.37. The number of carboxylic acids is 1. The van der Waals surface area contributed by atoms with Gasteiger partial charge in [0.05, 0.1) is 10.9 Å². The molecule has 0 aromatic carbocycles. The lowest BCUT2D eigenvalue weighted by atomic mass is 9.90. The van der Waals surface area contributed by atoms with Gasteiger partial charge >= 0.3 is 5.97 Å². The maximum absolute atomic E-state index is 11.8. The lowest BCUT2D eigenvalue weighted by molar-refractivity contribution is 0.0681. The predicted molar refractivity (Wildman–Crippen MR) is 96.5 cm³/mol. The van der Waals surface area contributed by atoms with Crippen molar-refractivity contribution < 1.29 is 18.3 Å². The molecule has 2 N–H and O–H groups in total. The van der Waals surface area contributed by atoms with Gasteiger partial charge in [-0.2, -0.15) is 5.10 Å². The molecular weight excluding hydrogens is 356 g/mol. The number of aromatic nitrogens is 3. The average Bonchev–Trinajstić information content (AvgIpc) is 2.97. The topological polar surface area (TPSA) is 114 Å². The zero-order chi connectivity index (χ0) is 18.9. The van der Waals surface area contributed by atoms with Crippen molar-refractivity contribution in [2.75, 3.05) is 6.54 Å². The van der Waals surface area contributed by atoms with Crippen LogP contribution in [-0.2, 0) is 29.4 Å². The Kier molecular flexibility index (Phi) is 5.10. The zero-order valence-electron chi connectivity index (χ0n) is 14.8. The summed E-state index contributed by atoms with van der Waals surface area (Å²) in [6.45, 7) is 3.79. The number of nitrogens with zero attached hydrogens (tertiary/aromatic N) is 3. The molecule has 2 heterocycles. The van der Waals surface area contributed by atoms with Crippen LogP contribution in [0, 0.1) is 0 Å². The number of rotatable bonds is 7. The molecule has 0 amide bonds. The van der Waals surface area contributed by atoms with Crippen molar-refractivity contribution in [3.05, 3.63) is 35.3 Å². The van der Waals surface area contributed by atoms with Crippen LogP contribution in [0.5, 0.6) is 0 Å². The highest BCUT2D eigenvalue weighted by Gasteiger charge is 2.28. The summed E-state index contributed by atoms with van der Waals surface area (Å²) >= 11 is 0. The average molecular weight is 378 g/mol. The van der Waals surface area contributed by atoms with Crippen LogP contribution in [0.1, 0.15) is 41.9 Å². The van der Waals surface area contributed by atoms with Gasteiger partial charge in [0.1, 0.15) is 5.69 Å². The quantitative estimate of drug-likeness (QED) is 0.705. The van der Waals surface area contributed by atoms with E-state index in [1.165, 1.54) is 4.68 Å². The van der Waals surface area contributed by atoms with E-state index in [2.05, 4.69) is 14.8 Å². The summed E-state index contributed by atoms with van der Waals surface area (Å²) < 4.78 is 27.6. The minimum absolute atomic E-state index is 0.189. The lowest BCUT2D eigenvalue weighted by Crippen LogP contribution is -2.32. The van der Waals surface area contributed by atoms with E-state index < -0.39 is 21.2 Å². The van der Waals surface area contributed by atoms with Gasteiger partial charge in [-0.25, -0.2) is 17.9 Å². The maximum atomic E-state index is 11.8. The highest BCUT2D eigenvalue weighted by molar-refractivity contribution is 7.90. The van der Waals surface area contributed by atoms with Gasteiger partial charge in [-0.1, -0.05) is 0 Å². The molecule has 0 fully saturated rings. The van der Waals surface area contributed by atoms with Gasteiger partial charge < -0.3 is 5.11 Å². The van der Waals surface area contributed by atoms with Gasteiger partial charge in [0.25, 0.3) is 0 Å². The first-order valence-electron chi connectivity index (χ1n) is 8.56.